The van der Waals surface area contributed by atoms with Crippen molar-refractivity contribution in [2.45, 2.75) is 0 Å². The van der Waals surface area contributed by atoms with Crippen LogP contribution in [0.4, 0.5) is 5.82 Å². The second kappa shape index (κ2) is 4.13. The van der Waals surface area contributed by atoms with Crippen molar-refractivity contribution in [3.05, 3.63) is 40.1 Å². The minimum absolute atomic E-state index is 0.167. The van der Waals surface area contributed by atoms with Gasteiger partial charge in [-0.25, -0.2) is 4.79 Å². The molecular formula is C8H6N2O4. The summed E-state index contributed by atoms with van der Waals surface area (Å²) in [6, 6.07) is 2.92. The van der Waals surface area contributed by atoms with Crippen LogP contribution in [0.15, 0.2) is 24.4 Å². The van der Waals surface area contributed by atoms with Crippen molar-refractivity contribution >= 4 is 17.9 Å². The highest BCUT2D eigenvalue weighted by molar-refractivity contribution is 5.85. The molecule has 14 heavy (non-hydrogen) atoms. The molecule has 0 aliphatic carbocycles. The number of pyridine rings is 1. The Morgan fingerprint density at radius 3 is 2.93 bits per heavy atom. The van der Waals surface area contributed by atoms with Gasteiger partial charge in [-0.1, -0.05) is 0 Å². The standard InChI is InChI=1S/C8H6N2O4/c11-7(12)4-3-6-2-1-5-9-8(6)10(13)14/h1-5H,(H,11,12). The zero-order chi connectivity index (χ0) is 10.6. The van der Waals surface area contributed by atoms with Crippen LogP contribution in [0.2, 0.25) is 0 Å². The molecule has 1 heterocycles. The van der Waals surface area contributed by atoms with Crippen molar-refractivity contribution in [2.24, 2.45) is 0 Å². The van der Waals surface area contributed by atoms with E-state index in [-0.39, 0.29) is 11.4 Å². The molecule has 0 amide bonds. The van der Waals surface area contributed by atoms with Gasteiger partial charge in [-0.15, -0.1) is 0 Å². The average Bonchev–Trinajstić information content (AvgIpc) is 2.15. The highest BCUT2D eigenvalue weighted by Crippen LogP contribution is 2.15. The van der Waals surface area contributed by atoms with Crippen LogP contribution in [0.3, 0.4) is 0 Å². The summed E-state index contributed by atoms with van der Waals surface area (Å²) in [6.45, 7) is 0. The van der Waals surface area contributed by atoms with Gasteiger partial charge < -0.3 is 15.2 Å². The van der Waals surface area contributed by atoms with Gasteiger partial charge in [-0.05, 0) is 28.1 Å². The van der Waals surface area contributed by atoms with Gasteiger partial charge in [0.2, 0.25) is 0 Å². The SMILES string of the molecule is O=C(O)C=Cc1cccnc1[N+](=O)[O-]. The Hall–Kier alpha value is -2.24. The lowest BCUT2D eigenvalue weighted by Crippen LogP contribution is -1.95. The molecule has 0 aliphatic rings. The number of hydrogen-bond acceptors (Lipinski definition) is 4. The van der Waals surface area contributed by atoms with E-state index in [4.69, 9.17) is 5.11 Å². The Morgan fingerprint density at radius 2 is 2.36 bits per heavy atom. The molecule has 6 heteroatoms. The summed E-state index contributed by atoms with van der Waals surface area (Å²) in [5.74, 6) is -1.52. The summed E-state index contributed by atoms with van der Waals surface area (Å²) in [4.78, 5) is 23.5. The summed E-state index contributed by atoms with van der Waals surface area (Å²) in [5, 5.41) is 18.8. The number of hydrogen-bond donors (Lipinski definition) is 1. The van der Waals surface area contributed by atoms with E-state index in [2.05, 4.69) is 4.98 Å². The average molecular weight is 194 g/mol. The molecule has 0 fully saturated rings. The van der Waals surface area contributed by atoms with Gasteiger partial charge in [-0.2, -0.15) is 0 Å². The van der Waals surface area contributed by atoms with E-state index >= 15 is 0 Å². The second-order valence-corrected chi connectivity index (χ2v) is 2.34. The molecular weight excluding hydrogens is 188 g/mol. The summed E-state index contributed by atoms with van der Waals surface area (Å²) in [5.41, 5.74) is 0.167. The van der Waals surface area contributed by atoms with Gasteiger partial charge in [0.05, 0.1) is 5.56 Å². The van der Waals surface area contributed by atoms with E-state index in [9.17, 15) is 14.9 Å². The lowest BCUT2D eigenvalue weighted by molar-refractivity contribution is -0.389. The fourth-order valence-electron chi connectivity index (χ4n) is 0.853. The molecule has 0 radical (unpaired) electrons. The summed E-state index contributed by atoms with van der Waals surface area (Å²) in [6.07, 6.45) is 3.23. The van der Waals surface area contributed by atoms with E-state index in [0.717, 1.165) is 12.2 Å². The number of aliphatic carboxylic acids is 1. The topological polar surface area (TPSA) is 93.3 Å². The number of aromatic nitrogens is 1. The molecule has 1 aromatic rings. The fourth-order valence-corrected chi connectivity index (χ4v) is 0.853. The smallest absolute Gasteiger partial charge is 0.370 e. The van der Waals surface area contributed by atoms with Crippen LogP contribution in [-0.2, 0) is 4.79 Å². The first-order chi connectivity index (χ1) is 6.61. The molecule has 1 aromatic heterocycles. The maximum Gasteiger partial charge on any atom is 0.370 e. The van der Waals surface area contributed by atoms with Crippen molar-refractivity contribution in [2.75, 3.05) is 0 Å². The van der Waals surface area contributed by atoms with Crippen molar-refractivity contribution in [3.63, 3.8) is 0 Å². The number of carboxylic acids is 1. The Kier molecular flexibility index (Phi) is 2.90. The van der Waals surface area contributed by atoms with Crippen molar-refractivity contribution < 1.29 is 14.8 Å². The quantitative estimate of drug-likeness (QED) is 0.441. The molecule has 1 rings (SSSR count). The molecule has 0 bridgehead atoms. The van der Waals surface area contributed by atoms with E-state index in [1.165, 1.54) is 18.3 Å². The molecule has 72 valence electrons. The largest absolute Gasteiger partial charge is 0.478 e. The van der Waals surface area contributed by atoms with Gasteiger partial charge in [0.15, 0.2) is 0 Å². The number of nitro groups is 1. The van der Waals surface area contributed by atoms with Crippen LogP contribution in [0.25, 0.3) is 6.08 Å². The van der Waals surface area contributed by atoms with Crippen LogP contribution in [0.5, 0.6) is 0 Å². The van der Waals surface area contributed by atoms with Gasteiger partial charge in [0.25, 0.3) is 0 Å². The van der Waals surface area contributed by atoms with E-state index in [1.807, 2.05) is 0 Å². The third kappa shape index (κ3) is 2.37. The van der Waals surface area contributed by atoms with Gasteiger partial charge >= 0.3 is 11.8 Å². The van der Waals surface area contributed by atoms with Gasteiger partial charge in [0.1, 0.15) is 6.20 Å². The van der Waals surface area contributed by atoms with E-state index < -0.39 is 10.9 Å². The van der Waals surface area contributed by atoms with E-state index in [1.54, 1.807) is 0 Å². The van der Waals surface area contributed by atoms with Crippen LogP contribution in [0, 0.1) is 10.1 Å². The predicted octanol–water partition coefficient (Wildman–Crippen LogP) is 1.09. The number of carbonyl (C=O) groups is 1. The minimum atomic E-state index is -1.16. The molecule has 0 saturated carbocycles. The second-order valence-electron chi connectivity index (χ2n) is 2.34. The molecule has 0 saturated heterocycles. The Morgan fingerprint density at radius 1 is 1.64 bits per heavy atom. The number of carboxylic acid groups (broad SMARTS) is 1. The normalized spacial score (nSPS) is 10.3. The summed E-state index contributed by atoms with van der Waals surface area (Å²) in [7, 11) is 0. The van der Waals surface area contributed by atoms with Crippen molar-refractivity contribution in [3.8, 4) is 0 Å². The number of rotatable bonds is 3. The van der Waals surface area contributed by atoms with Crippen molar-refractivity contribution in [1.29, 1.82) is 0 Å². The molecule has 0 aromatic carbocycles. The zero-order valence-electron chi connectivity index (χ0n) is 6.95. The highest BCUT2D eigenvalue weighted by atomic mass is 16.6. The zero-order valence-corrected chi connectivity index (χ0v) is 6.95. The third-order valence-corrected chi connectivity index (χ3v) is 1.40. The van der Waals surface area contributed by atoms with Crippen LogP contribution in [-0.4, -0.2) is 21.0 Å². The van der Waals surface area contributed by atoms with Crippen LogP contribution in [0.1, 0.15) is 5.56 Å². The lowest BCUT2D eigenvalue weighted by Gasteiger charge is -1.94. The molecule has 6 nitrogen and oxygen atoms in total. The Bertz CT molecular complexity index is 400. The summed E-state index contributed by atoms with van der Waals surface area (Å²) >= 11 is 0. The predicted molar refractivity (Wildman–Crippen MR) is 47.6 cm³/mol. The molecule has 1 N–H and O–H groups in total. The first-order valence-electron chi connectivity index (χ1n) is 3.61. The first kappa shape index (κ1) is 9.85. The van der Waals surface area contributed by atoms with Crippen LogP contribution < -0.4 is 0 Å². The molecule has 0 spiro atoms. The summed E-state index contributed by atoms with van der Waals surface area (Å²) < 4.78 is 0. The van der Waals surface area contributed by atoms with E-state index in [0.29, 0.717) is 0 Å². The Balaban J connectivity index is 3.07. The highest BCUT2D eigenvalue weighted by Gasteiger charge is 2.10. The maximum atomic E-state index is 10.4. The molecule has 0 unspecified atom stereocenters. The molecule has 0 atom stereocenters. The molecule has 0 aliphatic heterocycles. The lowest BCUT2D eigenvalue weighted by atomic mass is 10.2. The van der Waals surface area contributed by atoms with Crippen LogP contribution >= 0.6 is 0 Å². The minimum Gasteiger partial charge on any atom is -0.478 e. The maximum absolute atomic E-state index is 10.4. The van der Waals surface area contributed by atoms with Gasteiger partial charge in [-0.3, -0.25) is 0 Å². The Labute approximate surface area is 78.7 Å². The van der Waals surface area contributed by atoms with Gasteiger partial charge in [0, 0.05) is 6.08 Å². The number of nitrogens with zero attached hydrogens (tertiary/aromatic N) is 2. The first-order valence-corrected chi connectivity index (χ1v) is 3.61. The van der Waals surface area contributed by atoms with Crippen molar-refractivity contribution in [1.82, 2.24) is 4.98 Å². The fraction of sp³-hybridized carbons (Fsp3) is 0. The monoisotopic (exact) mass is 194 g/mol. The third-order valence-electron chi connectivity index (χ3n) is 1.40.